The summed E-state index contributed by atoms with van der Waals surface area (Å²) in [5.74, 6) is -0.781. The molecule has 0 saturated carbocycles. The fourth-order valence-electron chi connectivity index (χ4n) is 1.55. The highest BCUT2D eigenvalue weighted by atomic mass is 16.4. The van der Waals surface area contributed by atoms with E-state index in [4.69, 9.17) is 5.11 Å². The molecule has 4 heteroatoms. The van der Waals surface area contributed by atoms with E-state index in [0.29, 0.717) is 6.54 Å². The van der Waals surface area contributed by atoms with Crippen molar-refractivity contribution in [3.8, 4) is 0 Å². The van der Waals surface area contributed by atoms with Gasteiger partial charge in [-0.1, -0.05) is 20.8 Å². The lowest BCUT2D eigenvalue weighted by Crippen LogP contribution is -2.55. The molecule has 0 unspecified atom stereocenters. The zero-order valence-electron chi connectivity index (χ0n) is 8.91. The number of amides is 1. The molecule has 0 aromatic carbocycles. The molecule has 1 aliphatic rings. The molecule has 14 heavy (non-hydrogen) atoms. The summed E-state index contributed by atoms with van der Waals surface area (Å²) in [5, 5.41) is 8.61. The van der Waals surface area contributed by atoms with Crippen LogP contribution in [0.15, 0.2) is 0 Å². The standard InChI is InChI=1S/C10H17NO3/c1-10(2,3)9(14)11-5-4-7(11)6-8(12)13/h7H,4-6H2,1-3H3,(H,12,13)/t7-/m0/s1. The van der Waals surface area contributed by atoms with E-state index in [1.165, 1.54) is 0 Å². The van der Waals surface area contributed by atoms with Crippen molar-refractivity contribution >= 4 is 11.9 Å². The van der Waals surface area contributed by atoms with Crippen molar-refractivity contribution in [2.24, 2.45) is 5.41 Å². The molecule has 0 aliphatic carbocycles. The molecular weight excluding hydrogens is 182 g/mol. The molecule has 1 atom stereocenters. The fourth-order valence-corrected chi connectivity index (χ4v) is 1.55. The van der Waals surface area contributed by atoms with Gasteiger partial charge in [0.1, 0.15) is 0 Å². The summed E-state index contributed by atoms with van der Waals surface area (Å²) in [5.41, 5.74) is -0.406. The molecule has 1 amide bonds. The molecule has 1 aliphatic heterocycles. The van der Waals surface area contributed by atoms with Crippen LogP contribution in [0.4, 0.5) is 0 Å². The Labute approximate surface area is 83.9 Å². The number of nitrogens with zero attached hydrogens (tertiary/aromatic N) is 1. The van der Waals surface area contributed by atoms with Gasteiger partial charge in [0.25, 0.3) is 0 Å². The highest BCUT2D eigenvalue weighted by molar-refractivity contribution is 5.83. The summed E-state index contributed by atoms with van der Waals surface area (Å²) in [4.78, 5) is 23.9. The highest BCUT2D eigenvalue weighted by Crippen LogP contribution is 2.27. The Kier molecular flexibility index (Phi) is 2.83. The van der Waals surface area contributed by atoms with Crippen molar-refractivity contribution in [3.05, 3.63) is 0 Å². The molecule has 1 saturated heterocycles. The van der Waals surface area contributed by atoms with Crippen molar-refractivity contribution in [3.63, 3.8) is 0 Å². The minimum atomic E-state index is -0.832. The normalized spacial score (nSPS) is 21.6. The molecule has 0 aromatic rings. The van der Waals surface area contributed by atoms with Gasteiger partial charge in [0, 0.05) is 18.0 Å². The first-order valence-corrected chi connectivity index (χ1v) is 4.85. The summed E-state index contributed by atoms with van der Waals surface area (Å²) in [6.07, 6.45) is 0.885. The minimum absolute atomic E-state index is 0.0509. The van der Waals surface area contributed by atoms with Gasteiger partial charge in [-0.2, -0.15) is 0 Å². The van der Waals surface area contributed by atoms with E-state index in [2.05, 4.69) is 0 Å². The molecular formula is C10H17NO3. The van der Waals surface area contributed by atoms with Crippen LogP contribution in [0.25, 0.3) is 0 Å². The lowest BCUT2D eigenvalue weighted by molar-refractivity contribution is -0.151. The minimum Gasteiger partial charge on any atom is -0.481 e. The van der Waals surface area contributed by atoms with E-state index in [0.717, 1.165) is 6.42 Å². The van der Waals surface area contributed by atoms with Crippen LogP contribution in [-0.2, 0) is 9.59 Å². The zero-order valence-corrected chi connectivity index (χ0v) is 8.91. The third-order valence-corrected chi connectivity index (χ3v) is 2.46. The molecule has 4 nitrogen and oxygen atoms in total. The lowest BCUT2D eigenvalue weighted by Gasteiger charge is -2.43. The van der Waals surface area contributed by atoms with Crippen LogP contribution in [0, 0.1) is 5.41 Å². The quantitative estimate of drug-likeness (QED) is 0.724. The number of hydrogen-bond acceptors (Lipinski definition) is 2. The molecule has 1 heterocycles. The number of likely N-dealkylation sites (tertiary alicyclic amines) is 1. The first-order chi connectivity index (χ1) is 6.32. The third kappa shape index (κ3) is 2.25. The first kappa shape index (κ1) is 11.0. The van der Waals surface area contributed by atoms with Crippen molar-refractivity contribution in [2.75, 3.05) is 6.54 Å². The van der Waals surface area contributed by atoms with Crippen LogP contribution < -0.4 is 0 Å². The Hall–Kier alpha value is -1.06. The number of carboxylic acids is 1. The summed E-state index contributed by atoms with van der Waals surface area (Å²) >= 11 is 0. The Morgan fingerprint density at radius 2 is 2.00 bits per heavy atom. The number of rotatable bonds is 2. The van der Waals surface area contributed by atoms with Gasteiger partial charge in [0.05, 0.1) is 6.42 Å². The Balaban J connectivity index is 2.55. The van der Waals surface area contributed by atoms with Crippen LogP contribution in [0.1, 0.15) is 33.6 Å². The molecule has 1 N–H and O–H groups in total. The van der Waals surface area contributed by atoms with Crippen molar-refractivity contribution in [1.29, 1.82) is 0 Å². The summed E-state index contributed by atoms with van der Waals surface area (Å²) in [6.45, 7) is 6.26. The number of aliphatic carboxylic acids is 1. The predicted octanol–water partition coefficient (Wildman–Crippen LogP) is 1.11. The predicted molar refractivity (Wildman–Crippen MR) is 51.8 cm³/mol. The molecule has 80 valence electrons. The van der Waals surface area contributed by atoms with E-state index in [1.54, 1.807) is 4.90 Å². The number of carbonyl (C=O) groups excluding carboxylic acids is 1. The van der Waals surface area contributed by atoms with Gasteiger partial charge in [-0.25, -0.2) is 0 Å². The zero-order chi connectivity index (χ0) is 10.9. The lowest BCUT2D eigenvalue weighted by atomic mass is 9.89. The van der Waals surface area contributed by atoms with Crippen LogP contribution >= 0.6 is 0 Å². The Bertz CT molecular complexity index is 255. The second kappa shape index (κ2) is 3.59. The number of carboxylic acid groups (broad SMARTS) is 1. The topological polar surface area (TPSA) is 57.6 Å². The average Bonchev–Trinajstić information content (AvgIpc) is 1.96. The molecule has 1 fully saturated rings. The highest BCUT2D eigenvalue weighted by Gasteiger charge is 2.38. The van der Waals surface area contributed by atoms with E-state index < -0.39 is 11.4 Å². The maximum absolute atomic E-state index is 11.8. The van der Waals surface area contributed by atoms with Gasteiger partial charge in [-0.15, -0.1) is 0 Å². The van der Waals surface area contributed by atoms with Crippen molar-refractivity contribution in [2.45, 2.75) is 39.7 Å². The monoisotopic (exact) mass is 199 g/mol. The van der Waals surface area contributed by atoms with E-state index in [9.17, 15) is 9.59 Å². The third-order valence-electron chi connectivity index (χ3n) is 2.46. The Morgan fingerprint density at radius 1 is 1.43 bits per heavy atom. The van der Waals surface area contributed by atoms with Gasteiger partial charge in [0.2, 0.25) is 5.91 Å². The SMILES string of the molecule is CC(C)(C)C(=O)N1CC[C@H]1CC(=O)O. The van der Waals surface area contributed by atoms with E-state index in [1.807, 2.05) is 20.8 Å². The smallest absolute Gasteiger partial charge is 0.305 e. The van der Waals surface area contributed by atoms with Crippen LogP contribution in [0.2, 0.25) is 0 Å². The molecule has 0 bridgehead atoms. The fraction of sp³-hybridized carbons (Fsp3) is 0.800. The second-order valence-electron chi connectivity index (χ2n) is 4.79. The molecule has 0 spiro atoms. The molecule has 0 aromatic heterocycles. The van der Waals surface area contributed by atoms with E-state index in [-0.39, 0.29) is 18.4 Å². The first-order valence-electron chi connectivity index (χ1n) is 4.85. The maximum Gasteiger partial charge on any atom is 0.305 e. The molecule has 0 radical (unpaired) electrons. The average molecular weight is 199 g/mol. The largest absolute Gasteiger partial charge is 0.481 e. The van der Waals surface area contributed by atoms with E-state index >= 15 is 0 Å². The maximum atomic E-state index is 11.8. The van der Waals surface area contributed by atoms with Gasteiger partial charge in [-0.05, 0) is 6.42 Å². The van der Waals surface area contributed by atoms with Crippen LogP contribution in [-0.4, -0.2) is 34.5 Å². The summed E-state index contributed by atoms with van der Waals surface area (Å²) in [6, 6.07) is -0.0841. The molecule has 1 rings (SSSR count). The Morgan fingerprint density at radius 3 is 2.29 bits per heavy atom. The summed E-state index contributed by atoms with van der Waals surface area (Å²) in [7, 11) is 0. The number of hydrogen-bond donors (Lipinski definition) is 1. The summed E-state index contributed by atoms with van der Waals surface area (Å²) < 4.78 is 0. The second-order valence-corrected chi connectivity index (χ2v) is 4.79. The van der Waals surface area contributed by atoms with Crippen LogP contribution in [0.3, 0.4) is 0 Å². The van der Waals surface area contributed by atoms with Gasteiger partial charge >= 0.3 is 5.97 Å². The van der Waals surface area contributed by atoms with Gasteiger partial charge in [-0.3, -0.25) is 9.59 Å². The van der Waals surface area contributed by atoms with Gasteiger partial charge < -0.3 is 10.0 Å². The number of carbonyl (C=O) groups is 2. The van der Waals surface area contributed by atoms with Crippen molar-refractivity contribution < 1.29 is 14.7 Å². The van der Waals surface area contributed by atoms with Crippen LogP contribution in [0.5, 0.6) is 0 Å². The van der Waals surface area contributed by atoms with Crippen molar-refractivity contribution in [1.82, 2.24) is 4.90 Å². The van der Waals surface area contributed by atoms with Gasteiger partial charge in [0.15, 0.2) is 0 Å².